The van der Waals surface area contributed by atoms with Gasteiger partial charge in [-0.25, -0.2) is 0 Å². The van der Waals surface area contributed by atoms with Crippen LogP contribution in [0.5, 0.6) is 0 Å². The number of hydrogen-bond donors (Lipinski definition) is 3. The van der Waals surface area contributed by atoms with E-state index in [1.165, 1.54) is 31.4 Å². The molecule has 2 aromatic heterocycles. The summed E-state index contributed by atoms with van der Waals surface area (Å²) in [5.74, 6) is 1.44. The summed E-state index contributed by atoms with van der Waals surface area (Å²) in [4.78, 5) is 16.4. The standard InChI is InChI=1S/C20H26N4O2/c25-18-9-12(11-24-7-1-6-21-24)8-17(18)23-20(26)15-10-16(13-2-3-13)22-19(15)14-4-5-14/h1,6-7,10,12-14,17-18,22,25H,2-5,8-9,11H2,(H,23,26)/t12?,17-,18-/m1/s1. The van der Waals surface area contributed by atoms with Gasteiger partial charge in [0.05, 0.1) is 17.7 Å². The summed E-state index contributed by atoms with van der Waals surface area (Å²) in [6.07, 6.45) is 9.53. The number of amides is 1. The van der Waals surface area contributed by atoms with Gasteiger partial charge in [-0.3, -0.25) is 9.48 Å². The molecule has 26 heavy (non-hydrogen) atoms. The first-order chi connectivity index (χ1) is 12.7. The van der Waals surface area contributed by atoms with Gasteiger partial charge in [0.2, 0.25) is 0 Å². The van der Waals surface area contributed by atoms with Gasteiger partial charge in [-0.2, -0.15) is 5.10 Å². The van der Waals surface area contributed by atoms with Crippen molar-refractivity contribution in [2.75, 3.05) is 0 Å². The minimum atomic E-state index is -0.481. The second-order valence-electron chi connectivity index (χ2n) is 8.31. The van der Waals surface area contributed by atoms with Gasteiger partial charge in [0.1, 0.15) is 0 Å². The predicted molar refractivity (Wildman–Crippen MR) is 97.0 cm³/mol. The van der Waals surface area contributed by atoms with E-state index >= 15 is 0 Å². The summed E-state index contributed by atoms with van der Waals surface area (Å²) < 4.78 is 1.90. The van der Waals surface area contributed by atoms with Crippen LogP contribution < -0.4 is 5.32 Å². The molecule has 2 heterocycles. The first-order valence-corrected chi connectivity index (χ1v) is 9.86. The summed E-state index contributed by atoms with van der Waals surface area (Å²) in [7, 11) is 0. The summed E-state index contributed by atoms with van der Waals surface area (Å²) in [5.41, 5.74) is 3.14. The summed E-state index contributed by atoms with van der Waals surface area (Å²) in [6.45, 7) is 0.791. The molecule has 0 spiro atoms. The number of aliphatic hydroxyl groups is 1. The molecule has 3 N–H and O–H groups in total. The quantitative estimate of drug-likeness (QED) is 0.745. The third-order valence-electron chi connectivity index (χ3n) is 6.06. The van der Waals surface area contributed by atoms with E-state index in [0.717, 1.165) is 24.2 Å². The number of nitrogens with zero attached hydrogens (tertiary/aromatic N) is 2. The van der Waals surface area contributed by atoms with Crippen molar-refractivity contribution in [3.8, 4) is 0 Å². The summed E-state index contributed by atoms with van der Waals surface area (Å²) in [5, 5.41) is 17.8. The Morgan fingerprint density at radius 1 is 1.27 bits per heavy atom. The highest BCUT2D eigenvalue weighted by Crippen LogP contribution is 2.45. The molecule has 5 rings (SSSR count). The molecule has 6 heteroatoms. The number of aromatic amines is 1. The van der Waals surface area contributed by atoms with E-state index in [4.69, 9.17) is 0 Å². The van der Waals surface area contributed by atoms with Crippen molar-refractivity contribution in [2.24, 2.45) is 5.92 Å². The number of aromatic nitrogens is 3. The molecule has 0 bridgehead atoms. The highest BCUT2D eigenvalue weighted by Gasteiger charge is 2.37. The molecular weight excluding hydrogens is 328 g/mol. The van der Waals surface area contributed by atoms with E-state index in [0.29, 0.717) is 24.2 Å². The minimum absolute atomic E-state index is 0.0289. The highest BCUT2D eigenvalue weighted by atomic mass is 16.3. The second-order valence-corrected chi connectivity index (χ2v) is 8.31. The van der Waals surface area contributed by atoms with Crippen molar-refractivity contribution in [3.63, 3.8) is 0 Å². The molecule has 0 aliphatic heterocycles. The molecule has 1 amide bonds. The first-order valence-electron chi connectivity index (χ1n) is 9.86. The molecule has 3 aliphatic carbocycles. The van der Waals surface area contributed by atoms with Gasteiger partial charge in [-0.1, -0.05) is 0 Å². The van der Waals surface area contributed by atoms with Crippen LogP contribution in [0.1, 0.15) is 72.1 Å². The zero-order valence-electron chi connectivity index (χ0n) is 14.9. The lowest BCUT2D eigenvalue weighted by atomic mass is 10.1. The average molecular weight is 354 g/mol. The molecule has 0 saturated heterocycles. The number of hydrogen-bond acceptors (Lipinski definition) is 3. The summed E-state index contributed by atoms with van der Waals surface area (Å²) >= 11 is 0. The molecule has 3 atom stereocenters. The fraction of sp³-hybridized carbons (Fsp3) is 0.600. The molecule has 1 unspecified atom stereocenters. The average Bonchev–Trinajstić information content (AvgIpc) is 3.53. The van der Waals surface area contributed by atoms with E-state index in [2.05, 4.69) is 21.5 Å². The number of carbonyl (C=O) groups is 1. The van der Waals surface area contributed by atoms with Crippen LogP contribution in [-0.4, -0.2) is 37.9 Å². The molecule has 3 fully saturated rings. The van der Waals surface area contributed by atoms with E-state index < -0.39 is 6.10 Å². The van der Waals surface area contributed by atoms with E-state index in [1.807, 2.05) is 16.9 Å². The van der Waals surface area contributed by atoms with Crippen LogP contribution in [0.2, 0.25) is 0 Å². The molecule has 0 radical (unpaired) electrons. The molecule has 3 saturated carbocycles. The summed E-state index contributed by atoms with van der Waals surface area (Å²) in [6, 6.07) is 3.80. The highest BCUT2D eigenvalue weighted by molar-refractivity contribution is 5.96. The van der Waals surface area contributed by atoms with Gasteiger partial charge in [-0.05, 0) is 68.4 Å². The zero-order valence-corrected chi connectivity index (χ0v) is 14.9. The Balaban J connectivity index is 1.26. The first kappa shape index (κ1) is 16.1. The Kier molecular flexibility index (Phi) is 3.89. The Bertz CT molecular complexity index is 789. The smallest absolute Gasteiger partial charge is 0.253 e. The predicted octanol–water partition coefficient (Wildman–Crippen LogP) is 2.54. The monoisotopic (exact) mass is 354 g/mol. The van der Waals surface area contributed by atoms with Gasteiger partial charge in [0, 0.05) is 30.3 Å². The Morgan fingerprint density at radius 3 is 2.77 bits per heavy atom. The van der Waals surface area contributed by atoms with Crippen molar-refractivity contribution in [3.05, 3.63) is 41.5 Å². The maximum Gasteiger partial charge on any atom is 0.253 e. The van der Waals surface area contributed by atoms with Gasteiger partial charge in [0.15, 0.2) is 0 Å². The molecule has 2 aromatic rings. The molecular formula is C20H26N4O2. The van der Waals surface area contributed by atoms with Gasteiger partial charge in [0.25, 0.3) is 5.91 Å². The van der Waals surface area contributed by atoms with Gasteiger partial charge < -0.3 is 15.4 Å². The largest absolute Gasteiger partial charge is 0.391 e. The molecule has 138 valence electrons. The maximum absolute atomic E-state index is 12.9. The number of rotatable bonds is 6. The fourth-order valence-electron chi connectivity index (χ4n) is 4.33. The van der Waals surface area contributed by atoms with E-state index in [1.54, 1.807) is 6.20 Å². The third kappa shape index (κ3) is 3.18. The van der Waals surface area contributed by atoms with Crippen LogP contribution >= 0.6 is 0 Å². The maximum atomic E-state index is 12.9. The lowest BCUT2D eigenvalue weighted by molar-refractivity contribution is 0.0872. The fourth-order valence-corrected chi connectivity index (χ4v) is 4.33. The molecule has 3 aliphatic rings. The lowest BCUT2D eigenvalue weighted by Gasteiger charge is -2.16. The van der Waals surface area contributed by atoms with E-state index in [9.17, 15) is 9.90 Å². The van der Waals surface area contributed by atoms with Crippen LogP contribution in [0.25, 0.3) is 0 Å². The van der Waals surface area contributed by atoms with Crippen molar-refractivity contribution in [1.82, 2.24) is 20.1 Å². The number of H-pyrrole nitrogens is 1. The minimum Gasteiger partial charge on any atom is -0.391 e. The molecule has 6 nitrogen and oxygen atoms in total. The van der Waals surface area contributed by atoms with Gasteiger partial charge >= 0.3 is 0 Å². The number of carbonyl (C=O) groups excluding carboxylic acids is 1. The Labute approximate surface area is 153 Å². The van der Waals surface area contributed by atoms with Gasteiger partial charge in [-0.15, -0.1) is 0 Å². The SMILES string of the molecule is O=C(N[C@@H]1CC(Cn2cccn2)C[C@H]1O)c1cc(C2CC2)[nH]c1C1CC1. The lowest BCUT2D eigenvalue weighted by Crippen LogP contribution is -2.40. The van der Waals surface area contributed by atoms with Crippen LogP contribution in [-0.2, 0) is 6.54 Å². The third-order valence-corrected chi connectivity index (χ3v) is 6.06. The second kappa shape index (κ2) is 6.27. The number of nitrogens with one attached hydrogen (secondary N) is 2. The van der Waals surface area contributed by atoms with Crippen molar-refractivity contribution >= 4 is 5.91 Å². The van der Waals surface area contributed by atoms with Crippen LogP contribution in [0, 0.1) is 5.92 Å². The van der Waals surface area contributed by atoms with Crippen molar-refractivity contribution in [1.29, 1.82) is 0 Å². The zero-order chi connectivity index (χ0) is 17.7. The van der Waals surface area contributed by atoms with Crippen LogP contribution in [0.3, 0.4) is 0 Å². The Morgan fingerprint density at radius 2 is 2.08 bits per heavy atom. The topological polar surface area (TPSA) is 82.9 Å². The Hall–Kier alpha value is -2.08. The van der Waals surface area contributed by atoms with Crippen molar-refractivity contribution < 1.29 is 9.90 Å². The van der Waals surface area contributed by atoms with Crippen LogP contribution in [0.4, 0.5) is 0 Å². The molecule has 0 aromatic carbocycles. The van der Waals surface area contributed by atoms with Crippen molar-refractivity contribution in [2.45, 2.75) is 69.1 Å². The normalized spacial score (nSPS) is 28.4. The van der Waals surface area contributed by atoms with Crippen LogP contribution in [0.15, 0.2) is 24.5 Å². The van der Waals surface area contributed by atoms with E-state index in [-0.39, 0.29) is 11.9 Å². The number of aliphatic hydroxyl groups excluding tert-OH is 1.